The number of imidazole rings is 1. The van der Waals surface area contributed by atoms with Crippen molar-refractivity contribution in [2.75, 3.05) is 0 Å². The molecular formula is C8H12N2O. The maximum absolute atomic E-state index is 10.4. The van der Waals surface area contributed by atoms with E-state index in [4.69, 9.17) is 0 Å². The molecule has 0 aliphatic carbocycles. The van der Waals surface area contributed by atoms with Gasteiger partial charge in [-0.25, -0.2) is 4.98 Å². The van der Waals surface area contributed by atoms with Gasteiger partial charge in [-0.2, -0.15) is 0 Å². The van der Waals surface area contributed by atoms with Crippen LogP contribution < -0.4 is 0 Å². The largest absolute Gasteiger partial charge is 0.335 e. The van der Waals surface area contributed by atoms with Crippen molar-refractivity contribution in [1.82, 2.24) is 9.55 Å². The van der Waals surface area contributed by atoms with Crippen molar-refractivity contribution in [1.29, 1.82) is 0 Å². The van der Waals surface area contributed by atoms with E-state index in [-0.39, 0.29) is 5.92 Å². The van der Waals surface area contributed by atoms with E-state index in [1.807, 2.05) is 24.6 Å². The van der Waals surface area contributed by atoms with Gasteiger partial charge in [-0.1, -0.05) is 0 Å². The second-order valence-corrected chi connectivity index (χ2v) is 2.50. The Morgan fingerprint density at radius 1 is 1.82 bits per heavy atom. The Bertz CT molecular complexity index is 242. The highest BCUT2D eigenvalue weighted by Gasteiger charge is 2.08. The van der Waals surface area contributed by atoms with Crippen LogP contribution in [0.4, 0.5) is 0 Å². The maximum Gasteiger partial charge on any atom is 0.130 e. The molecule has 0 aromatic carbocycles. The van der Waals surface area contributed by atoms with Gasteiger partial charge >= 0.3 is 0 Å². The van der Waals surface area contributed by atoms with Crippen molar-refractivity contribution in [3.05, 3.63) is 18.2 Å². The fourth-order valence-electron chi connectivity index (χ4n) is 1.05. The van der Waals surface area contributed by atoms with Crippen LogP contribution >= 0.6 is 0 Å². The minimum absolute atomic E-state index is 0.0926. The number of aromatic nitrogens is 2. The zero-order valence-electron chi connectivity index (χ0n) is 6.82. The minimum atomic E-state index is -0.0926. The Kier molecular flexibility index (Phi) is 2.41. The van der Waals surface area contributed by atoms with Gasteiger partial charge in [0.1, 0.15) is 12.1 Å². The van der Waals surface area contributed by atoms with Gasteiger partial charge in [0.25, 0.3) is 0 Å². The summed E-state index contributed by atoms with van der Waals surface area (Å²) in [6, 6.07) is 0. The molecule has 0 saturated heterocycles. The lowest BCUT2D eigenvalue weighted by molar-refractivity contribution is -0.108. The summed E-state index contributed by atoms with van der Waals surface area (Å²) in [7, 11) is 0. The Labute approximate surface area is 66.1 Å². The lowest BCUT2D eigenvalue weighted by Gasteiger charge is -2.05. The smallest absolute Gasteiger partial charge is 0.130 e. The third-order valence-corrected chi connectivity index (χ3v) is 1.70. The average Bonchev–Trinajstić information content (AvgIpc) is 2.50. The van der Waals surface area contributed by atoms with E-state index in [9.17, 15) is 4.79 Å². The molecule has 1 aromatic heterocycles. The van der Waals surface area contributed by atoms with Crippen molar-refractivity contribution in [3.63, 3.8) is 0 Å². The van der Waals surface area contributed by atoms with Crippen LogP contribution in [0, 0.1) is 0 Å². The first-order valence-electron chi connectivity index (χ1n) is 3.76. The molecule has 0 amide bonds. The number of hydrogen-bond acceptors (Lipinski definition) is 2. The van der Waals surface area contributed by atoms with E-state index in [0.29, 0.717) is 0 Å². The zero-order chi connectivity index (χ0) is 8.27. The second kappa shape index (κ2) is 3.32. The van der Waals surface area contributed by atoms with Gasteiger partial charge < -0.3 is 9.36 Å². The maximum atomic E-state index is 10.4. The fraction of sp³-hybridized carbons (Fsp3) is 0.500. The SMILES string of the molecule is CCn1ccnc1C(C)C=O. The minimum Gasteiger partial charge on any atom is -0.335 e. The molecule has 11 heavy (non-hydrogen) atoms. The number of rotatable bonds is 3. The number of aryl methyl sites for hydroxylation is 1. The van der Waals surface area contributed by atoms with Crippen LogP contribution in [0.1, 0.15) is 25.6 Å². The van der Waals surface area contributed by atoms with E-state index in [1.165, 1.54) is 0 Å². The Hall–Kier alpha value is -1.12. The topological polar surface area (TPSA) is 34.9 Å². The molecule has 1 atom stereocenters. The van der Waals surface area contributed by atoms with Crippen LogP contribution in [0.25, 0.3) is 0 Å². The van der Waals surface area contributed by atoms with Crippen LogP contribution in [-0.2, 0) is 11.3 Å². The van der Waals surface area contributed by atoms with Crippen LogP contribution in [0.2, 0.25) is 0 Å². The summed E-state index contributed by atoms with van der Waals surface area (Å²) in [6.07, 6.45) is 4.52. The van der Waals surface area contributed by atoms with Crippen molar-refractivity contribution in [2.24, 2.45) is 0 Å². The van der Waals surface area contributed by atoms with Gasteiger partial charge in [-0.15, -0.1) is 0 Å². The zero-order valence-corrected chi connectivity index (χ0v) is 6.82. The number of nitrogens with zero attached hydrogens (tertiary/aromatic N) is 2. The van der Waals surface area contributed by atoms with Gasteiger partial charge in [-0.3, -0.25) is 0 Å². The number of hydrogen-bond donors (Lipinski definition) is 0. The molecule has 0 radical (unpaired) electrons. The van der Waals surface area contributed by atoms with E-state index < -0.39 is 0 Å². The molecule has 1 unspecified atom stereocenters. The lowest BCUT2D eigenvalue weighted by Crippen LogP contribution is -2.05. The molecule has 3 nitrogen and oxygen atoms in total. The fourth-order valence-corrected chi connectivity index (χ4v) is 1.05. The van der Waals surface area contributed by atoms with E-state index in [0.717, 1.165) is 18.7 Å². The molecule has 0 bridgehead atoms. The molecule has 0 saturated carbocycles. The standard InChI is InChI=1S/C8H12N2O/c1-3-10-5-4-9-8(10)7(2)6-11/h4-7H,3H2,1-2H3. The third kappa shape index (κ3) is 1.48. The summed E-state index contributed by atoms with van der Waals surface area (Å²) < 4.78 is 1.97. The Balaban J connectivity index is 2.91. The first kappa shape index (κ1) is 7.98. The third-order valence-electron chi connectivity index (χ3n) is 1.70. The predicted octanol–water partition coefficient (Wildman–Crippen LogP) is 1.21. The molecule has 3 heteroatoms. The second-order valence-electron chi connectivity index (χ2n) is 2.50. The normalized spacial score (nSPS) is 12.9. The molecule has 0 N–H and O–H groups in total. The molecule has 0 aliphatic rings. The van der Waals surface area contributed by atoms with Crippen LogP contribution in [0.5, 0.6) is 0 Å². The van der Waals surface area contributed by atoms with E-state index in [2.05, 4.69) is 4.98 Å². The highest BCUT2D eigenvalue weighted by atomic mass is 16.1. The molecule has 0 fully saturated rings. The average molecular weight is 152 g/mol. The van der Waals surface area contributed by atoms with Crippen LogP contribution in [0.3, 0.4) is 0 Å². The van der Waals surface area contributed by atoms with Gasteiger partial charge in [-0.05, 0) is 13.8 Å². The monoisotopic (exact) mass is 152 g/mol. The molecule has 1 heterocycles. The quantitative estimate of drug-likeness (QED) is 0.610. The number of carbonyl (C=O) groups is 1. The summed E-state index contributed by atoms with van der Waals surface area (Å²) in [4.78, 5) is 14.5. The lowest BCUT2D eigenvalue weighted by atomic mass is 10.2. The van der Waals surface area contributed by atoms with Gasteiger partial charge in [0.05, 0.1) is 5.92 Å². The van der Waals surface area contributed by atoms with Crippen molar-refractivity contribution >= 4 is 6.29 Å². The van der Waals surface area contributed by atoms with Crippen LogP contribution in [0.15, 0.2) is 12.4 Å². The summed E-state index contributed by atoms with van der Waals surface area (Å²) >= 11 is 0. The highest BCUT2D eigenvalue weighted by Crippen LogP contribution is 2.09. The number of aldehydes is 1. The molecule has 0 spiro atoms. The molecule has 0 aliphatic heterocycles. The Morgan fingerprint density at radius 3 is 3.09 bits per heavy atom. The molecular weight excluding hydrogens is 140 g/mol. The highest BCUT2D eigenvalue weighted by molar-refractivity contribution is 5.59. The molecule has 1 rings (SSSR count). The molecule has 1 aromatic rings. The summed E-state index contributed by atoms with van der Waals surface area (Å²) in [5.41, 5.74) is 0. The van der Waals surface area contributed by atoms with Crippen molar-refractivity contribution in [3.8, 4) is 0 Å². The van der Waals surface area contributed by atoms with Gasteiger partial charge in [0, 0.05) is 18.9 Å². The van der Waals surface area contributed by atoms with Crippen molar-refractivity contribution < 1.29 is 4.79 Å². The van der Waals surface area contributed by atoms with E-state index in [1.54, 1.807) is 6.20 Å². The van der Waals surface area contributed by atoms with Crippen molar-refractivity contribution in [2.45, 2.75) is 26.3 Å². The first-order valence-corrected chi connectivity index (χ1v) is 3.76. The summed E-state index contributed by atoms with van der Waals surface area (Å²) in [5, 5.41) is 0. The predicted molar refractivity (Wildman–Crippen MR) is 42.4 cm³/mol. The Morgan fingerprint density at radius 2 is 2.55 bits per heavy atom. The number of carbonyl (C=O) groups excluding carboxylic acids is 1. The molecule has 60 valence electrons. The summed E-state index contributed by atoms with van der Waals surface area (Å²) in [6.45, 7) is 4.75. The van der Waals surface area contributed by atoms with Gasteiger partial charge in [0.15, 0.2) is 0 Å². The van der Waals surface area contributed by atoms with Crippen LogP contribution in [-0.4, -0.2) is 15.8 Å². The summed E-state index contributed by atoms with van der Waals surface area (Å²) in [5.74, 6) is 0.757. The van der Waals surface area contributed by atoms with E-state index >= 15 is 0 Å². The first-order chi connectivity index (χ1) is 5.29. The van der Waals surface area contributed by atoms with Gasteiger partial charge in [0.2, 0.25) is 0 Å².